The highest BCUT2D eigenvalue weighted by Gasteiger charge is 2.28. The Labute approximate surface area is 108 Å². The molecule has 0 aliphatic carbocycles. The number of aryl methyl sites for hydroxylation is 1. The lowest BCUT2D eigenvalue weighted by atomic mass is 10.2. The van der Waals surface area contributed by atoms with Crippen LogP contribution in [0, 0.1) is 6.92 Å². The Hall–Kier alpha value is -0.920. The molecular weight excluding hydrogens is 252 g/mol. The highest BCUT2D eigenvalue weighted by atomic mass is 32.2. The predicted octanol–water partition coefficient (Wildman–Crippen LogP) is -0.185. The Morgan fingerprint density at radius 1 is 1.61 bits per heavy atom. The van der Waals surface area contributed by atoms with Gasteiger partial charge in [-0.25, -0.2) is 13.4 Å². The lowest BCUT2D eigenvalue weighted by Gasteiger charge is -2.26. The Morgan fingerprint density at radius 2 is 2.39 bits per heavy atom. The van der Waals surface area contributed by atoms with E-state index in [2.05, 4.69) is 10.3 Å². The maximum absolute atomic E-state index is 11.8. The molecule has 1 aromatic rings. The number of nitrogens with zero attached hydrogens (tertiary/aromatic N) is 3. The van der Waals surface area contributed by atoms with Crippen LogP contribution in [0.2, 0.25) is 0 Å². The van der Waals surface area contributed by atoms with Gasteiger partial charge in [0.1, 0.15) is 5.82 Å². The van der Waals surface area contributed by atoms with Gasteiger partial charge in [-0.3, -0.25) is 0 Å². The van der Waals surface area contributed by atoms with Crippen molar-refractivity contribution >= 4 is 10.0 Å². The number of rotatable bonds is 5. The van der Waals surface area contributed by atoms with E-state index in [1.165, 1.54) is 6.26 Å². The lowest BCUT2D eigenvalue weighted by Crippen LogP contribution is -2.42. The van der Waals surface area contributed by atoms with E-state index in [9.17, 15) is 8.42 Å². The van der Waals surface area contributed by atoms with Crippen molar-refractivity contribution in [3.63, 3.8) is 0 Å². The maximum Gasteiger partial charge on any atom is 0.211 e. The predicted molar refractivity (Wildman–Crippen MR) is 69.8 cm³/mol. The molecule has 0 aromatic carbocycles. The molecule has 1 aliphatic heterocycles. The number of hydrogen-bond acceptors (Lipinski definition) is 4. The zero-order chi connectivity index (χ0) is 13.2. The fourth-order valence-electron chi connectivity index (χ4n) is 2.35. The summed E-state index contributed by atoms with van der Waals surface area (Å²) in [4.78, 5) is 4.14. The smallest absolute Gasteiger partial charge is 0.211 e. The third kappa shape index (κ3) is 3.09. The first-order valence-electron chi connectivity index (χ1n) is 6.14. The number of hydrogen-bond donors (Lipinski definition) is 1. The number of aromatic nitrogens is 2. The van der Waals surface area contributed by atoms with Gasteiger partial charge in [0, 0.05) is 38.1 Å². The minimum Gasteiger partial charge on any atom is -0.334 e. The molecule has 1 aliphatic rings. The van der Waals surface area contributed by atoms with Crippen molar-refractivity contribution in [1.82, 2.24) is 19.2 Å². The third-order valence-corrected chi connectivity index (χ3v) is 4.69. The van der Waals surface area contributed by atoms with Gasteiger partial charge in [0.15, 0.2) is 0 Å². The van der Waals surface area contributed by atoms with Crippen molar-refractivity contribution in [2.24, 2.45) is 0 Å². The second-order valence-corrected chi connectivity index (χ2v) is 6.62. The molecule has 7 heteroatoms. The second-order valence-electron chi connectivity index (χ2n) is 4.69. The first-order chi connectivity index (χ1) is 8.48. The van der Waals surface area contributed by atoms with Crippen LogP contribution in [0.5, 0.6) is 0 Å². The molecule has 18 heavy (non-hydrogen) atoms. The first-order valence-corrected chi connectivity index (χ1v) is 7.98. The van der Waals surface area contributed by atoms with Crippen LogP contribution in [0.1, 0.15) is 12.2 Å². The summed E-state index contributed by atoms with van der Waals surface area (Å²) in [6.45, 7) is 4.70. The topological polar surface area (TPSA) is 67.2 Å². The summed E-state index contributed by atoms with van der Waals surface area (Å²) < 4.78 is 27.2. The largest absolute Gasteiger partial charge is 0.334 e. The van der Waals surface area contributed by atoms with Crippen LogP contribution in [0.25, 0.3) is 0 Å². The quantitative estimate of drug-likeness (QED) is 0.807. The third-order valence-electron chi connectivity index (χ3n) is 3.35. The van der Waals surface area contributed by atoms with E-state index in [4.69, 9.17) is 0 Å². The van der Waals surface area contributed by atoms with Crippen LogP contribution in [-0.4, -0.2) is 54.2 Å². The highest BCUT2D eigenvalue weighted by Crippen LogP contribution is 2.13. The Kier molecular flexibility index (Phi) is 4.04. The van der Waals surface area contributed by atoms with E-state index in [1.807, 2.05) is 17.7 Å². The Morgan fingerprint density at radius 3 is 2.89 bits per heavy atom. The molecule has 1 N–H and O–H groups in total. The van der Waals surface area contributed by atoms with Gasteiger partial charge in [-0.2, -0.15) is 4.31 Å². The van der Waals surface area contributed by atoms with Crippen molar-refractivity contribution in [3.8, 4) is 0 Å². The van der Waals surface area contributed by atoms with Gasteiger partial charge >= 0.3 is 0 Å². The molecule has 1 saturated heterocycles. The average Bonchev–Trinajstić information content (AvgIpc) is 2.89. The van der Waals surface area contributed by atoms with Crippen molar-refractivity contribution in [3.05, 3.63) is 18.2 Å². The minimum atomic E-state index is -3.15. The number of imidazole rings is 1. The summed E-state index contributed by atoms with van der Waals surface area (Å²) in [6.07, 6.45) is 5.78. The van der Waals surface area contributed by atoms with Crippen LogP contribution in [-0.2, 0) is 16.6 Å². The van der Waals surface area contributed by atoms with E-state index in [-0.39, 0.29) is 6.04 Å². The van der Waals surface area contributed by atoms with Gasteiger partial charge in [-0.15, -0.1) is 0 Å². The zero-order valence-electron chi connectivity index (χ0n) is 10.8. The molecule has 0 bridgehead atoms. The molecule has 102 valence electrons. The van der Waals surface area contributed by atoms with Crippen LogP contribution in [0.4, 0.5) is 0 Å². The van der Waals surface area contributed by atoms with Gasteiger partial charge in [-0.1, -0.05) is 0 Å². The summed E-state index contributed by atoms with van der Waals surface area (Å²) in [5, 5.41) is 3.20. The Bertz CT molecular complexity index is 491. The van der Waals surface area contributed by atoms with Gasteiger partial charge in [0.2, 0.25) is 10.0 Å². The average molecular weight is 272 g/mol. The summed E-state index contributed by atoms with van der Waals surface area (Å²) in [5.74, 6) is 0.910. The van der Waals surface area contributed by atoms with E-state index < -0.39 is 10.0 Å². The van der Waals surface area contributed by atoms with Gasteiger partial charge in [0.05, 0.1) is 6.26 Å². The molecule has 6 nitrogen and oxygen atoms in total. The van der Waals surface area contributed by atoms with Crippen molar-refractivity contribution in [2.75, 3.05) is 25.9 Å². The standard InChI is InChI=1S/C11H20N4O2S/c1-10-13-5-6-14(10)7-8-15(18(2,16)17)11-3-4-12-9-11/h5-6,11-12H,3-4,7-9H2,1-2H3. The maximum atomic E-state index is 11.8. The summed E-state index contributed by atoms with van der Waals surface area (Å²) in [6, 6.07) is 0.0869. The fraction of sp³-hybridized carbons (Fsp3) is 0.727. The van der Waals surface area contributed by atoms with Crippen molar-refractivity contribution < 1.29 is 8.42 Å². The Balaban J connectivity index is 2.04. The van der Waals surface area contributed by atoms with Crippen LogP contribution < -0.4 is 5.32 Å². The zero-order valence-corrected chi connectivity index (χ0v) is 11.7. The molecule has 2 heterocycles. The van der Waals surface area contributed by atoms with Gasteiger partial charge < -0.3 is 9.88 Å². The van der Waals surface area contributed by atoms with Crippen LogP contribution in [0.15, 0.2) is 12.4 Å². The highest BCUT2D eigenvalue weighted by molar-refractivity contribution is 7.88. The molecule has 0 radical (unpaired) electrons. The SMILES string of the molecule is Cc1nccn1CCN(C1CCNC1)S(C)(=O)=O. The molecule has 1 fully saturated rings. The van der Waals surface area contributed by atoms with Crippen molar-refractivity contribution in [1.29, 1.82) is 0 Å². The summed E-state index contributed by atoms with van der Waals surface area (Å²) >= 11 is 0. The molecule has 1 aromatic heterocycles. The monoisotopic (exact) mass is 272 g/mol. The number of nitrogens with one attached hydrogen (secondary N) is 1. The van der Waals surface area contributed by atoms with Crippen LogP contribution >= 0.6 is 0 Å². The first kappa shape index (κ1) is 13.5. The normalized spacial score (nSPS) is 20.7. The van der Waals surface area contributed by atoms with Gasteiger partial charge in [-0.05, 0) is 19.9 Å². The van der Waals surface area contributed by atoms with Gasteiger partial charge in [0.25, 0.3) is 0 Å². The fourth-order valence-corrected chi connectivity index (χ4v) is 3.49. The van der Waals surface area contributed by atoms with Crippen molar-refractivity contribution in [2.45, 2.75) is 25.9 Å². The molecule has 0 amide bonds. The second kappa shape index (κ2) is 5.38. The van der Waals surface area contributed by atoms with E-state index in [1.54, 1.807) is 10.5 Å². The molecule has 2 rings (SSSR count). The molecule has 1 unspecified atom stereocenters. The lowest BCUT2D eigenvalue weighted by molar-refractivity contribution is 0.323. The molecule has 0 saturated carbocycles. The molecule has 1 atom stereocenters. The molecule has 0 spiro atoms. The van der Waals surface area contributed by atoms with E-state index >= 15 is 0 Å². The minimum absolute atomic E-state index is 0.0869. The van der Waals surface area contributed by atoms with E-state index in [0.717, 1.165) is 25.3 Å². The van der Waals surface area contributed by atoms with Crippen LogP contribution in [0.3, 0.4) is 0 Å². The summed E-state index contributed by atoms with van der Waals surface area (Å²) in [7, 11) is -3.15. The van der Waals surface area contributed by atoms with E-state index in [0.29, 0.717) is 13.1 Å². The molecular formula is C11H20N4O2S. The summed E-state index contributed by atoms with van der Waals surface area (Å²) in [5.41, 5.74) is 0. The number of sulfonamides is 1.